The Labute approximate surface area is 117 Å². The SMILES string of the molecule is O=C(CCBr)NC1CCN(Cc2ccccc2)C1. The van der Waals surface area contributed by atoms with E-state index in [0.717, 1.165) is 31.4 Å². The summed E-state index contributed by atoms with van der Waals surface area (Å²) in [6, 6.07) is 10.8. The number of benzene rings is 1. The molecule has 1 N–H and O–H groups in total. The van der Waals surface area contributed by atoms with Crippen molar-refractivity contribution in [3.8, 4) is 0 Å². The van der Waals surface area contributed by atoms with Gasteiger partial charge in [0, 0.05) is 37.4 Å². The van der Waals surface area contributed by atoms with Crippen LogP contribution in [0.1, 0.15) is 18.4 Å². The highest BCUT2D eigenvalue weighted by Crippen LogP contribution is 2.13. The third kappa shape index (κ3) is 4.10. The van der Waals surface area contributed by atoms with Gasteiger partial charge in [-0.15, -0.1) is 0 Å². The maximum atomic E-state index is 11.5. The van der Waals surface area contributed by atoms with Crippen LogP contribution in [0.4, 0.5) is 0 Å². The van der Waals surface area contributed by atoms with E-state index in [2.05, 4.69) is 50.4 Å². The summed E-state index contributed by atoms with van der Waals surface area (Å²) in [6.07, 6.45) is 1.62. The lowest BCUT2D eigenvalue weighted by Gasteiger charge is -2.16. The molecule has 1 amide bonds. The third-order valence-corrected chi connectivity index (χ3v) is 3.60. The van der Waals surface area contributed by atoms with Crippen LogP contribution in [-0.4, -0.2) is 35.3 Å². The Morgan fingerprint density at radius 2 is 2.17 bits per heavy atom. The summed E-state index contributed by atoms with van der Waals surface area (Å²) in [5, 5.41) is 3.82. The van der Waals surface area contributed by atoms with Crippen LogP contribution in [0, 0.1) is 0 Å². The molecule has 18 heavy (non-hydrogen) atoms. The topological polar surface area (TPSA) is 32.3 Å². The summed E-state index contributed by atoms with van der Waals surface area (Å²) in [6.45, 7) is 3.00. The van der Waals surface area contributed by atoms with E-state index < -0.39 is 0 Å². The molecule has 3 nitrogen and oxygen atoms in total. The van der Waals surface area contributed by atoms with Crippen LogP contribution in [0.5, 0.6) is 0 Å². The minimum atomic E-state index is 0.151. The summed E-state index contributed by atoms with van der Waals surface area (Å²) in [5.74, 6) is 0.151. The summed E-state index contributed by atoms with van der Waals surface area (Å²) < 4.78 is 0. The Hall–Kier alpha value is -0.870. The van der Waals surface area contributed by atoms with Crippen LogP contribution in [0.2, 0.25) is 0 Å². The van der Waals surface area contributed by atoms with Crippen molar-refractivity contribution >= 4 is 21.8 Å². The molecule has 2 rings (SSSR count). The maximum absolute atomic E-state index is 11.5. The van der Waals surface area contributed by atoms with Gasteiger partial charge in [0.2, 0.25) is 5.91 Å². The zero-order chi connectivity index (χ0) is 12.8. The smallest absolute Gasteiger partial charge is 0.221 e. The molecule has 1 aliphatic rings. The number of nitrogens with zero attached hydrogens (tertiary/aromatic N) is 1. The van der Waals surface area contributed by atoms with Gasteiger partial charge in [0.1, 0.15) is 0 Å². The average Bonchev–Trinajstić information content (AvgIpc) is 2.78. The lowest BCUT2D eigenvalue weighted by molar-refractivity contribution is -0.121. The van der Waals surface area contributed by atoms with Crippen LogP contribution in [0.25, 0.3) is 0 Å². The highest BCUT2D eigenvalue weighted by molar-refractivity contribution is 9.09. The number of nitrogens with one attached hydrogen (secondary N) is 1. The number of alkyl halides is 1. The normalized spacial score (nSPS) is 19.9. The summed E-state index contributed by atoms with van der Waals surface area (Å²) in [7, 11) is 0. The van der Waals surface area contributed by atoms with E-state index in [1.807, 2.05) is 6.07 Å². The maximum Gasteiger partial charge on any atom is 0.221 e. The lowest BCUT2D eigenvalue weighted by atomic mass is 10.2. The molecule has 0 aliphatic carbocycles. The van der Waals surface area contributed by atoms with Gasteiger partial charge in [0.25, 0.3) is 0 Å². The van der Waals surface area contributed by atoms with E-state index in [-0.39, 0.29) is 5.91 Å². The minimum Gasteiger partial charge on any atom is -0.352 e. The highest BCUT2D eigenvalue weighted by atomic mass is 79.9. The first-order valence-electron chi connectivity index (χ1n) is 6.39. The quantitative estimate of drug-likeness (QED) is 0.845. The molecule has 1 aliphatic heterocycles. The standard InChI is InChI=1S/C14H19BrN2O/c15-8-6-14(18)16-13-7-9-17(11-13)10-12-4-2-1-3-5-12/h1-5,13H,6-11H2,(H,16,18). The number of carbonyl (C=O) groups is 1. The Balaban J connectivity index is 1.76. The number of likely N-dealkylation sites (tertiary alicyclic amines) is 1. The fraction of sp³-hybridized carbons (Fsp3) is 0.500. The van der Waals surface area contributed by atoms with Crippen LogP contribution in [0.15, 0.2) is 30.3 Å². The fourth-order valence-corrected chi connectivity index (χ4v) is 2.68. The molecule has 0 spiro atoms. The van der Waals surface area contributed by atoms with Crippen molar-refractivity contribution in [2.45, 2.75) is 25.4 Å². The number of amides is 1. The van der Waals surface area contributed by atoms with E-state index >= 15 is 0 Å². The molecule has 0 bridgehead atoms. The number of carbonyl (C=O) groups excluding carboxylic acids is 1. The first-order valence-corrected chi connectivity index (χ1v) is 7.51. The third-order valence-electron chi connectivity index (χ3n) is 3.21. The highest BCUT2D eigenvalue weighted by Gasteiger charge is 2.23. The zero-order valence-corrected chi connectivity index (χ0v) is 12.0. The second kappa shape index (κ2) is 6.90. The van der Waals surface area contributed by atoms with Gasteiger partial charge < -0.3 is 5.32 Å². The molecule has 4 heteroatoms. The van der Waals surface area contributed by atoms with Crippen molar-refractivity contribution in [2.75, 3.05) is 18.4 Å². The fourth-order valence-electron chi connectivity index (χ4n) is 2.32. The molecule has 0 saturated carbocycles. The van der Waals surface area contributed by atoms with Gasteiger partial charge in [0.15, 0.2) is 0 Å². The first-order chi connectivity index (χ1) is 8.78. The van der Waals surface area contributed by atoms with Crippen molar-refractivity contribution < 1.29 is 4.79 Å². The van der Waals surface area contributed by atoms with E-state index in [1.54, 1.807) is 0 Å². The van der Waals surface area contributed by atoms with Crippen LogP contribution < -0.4 is 5.32 Å². The van der Waals surface area contributed by atoms with Crippen molar-refractivity contribution in [1.82, 2.24) is 10.2 Å². The van der Waals surface area contributed by atoms with Crippen LogP contribution >= 0.6 is 15.9 Å². The number of hydrogen-bond acceptors (Lipinski definition) is 2. The van der Waals surface area contributed by atoms with E-state index in [1.165, 1.54) is 5.56 Å². The van der Waals surface area contributed by atoms with Gasteiger partial charge in [-0.2, -0.15) is 0 Å². The molecular formula is C14H19BrN2O. The molecular weight excluding hydrogens is 292 g/mol. The molecule has 1 heterocycles. The Morgan fingerprint density at radius 1 is 1.39 bits per heavy atom. The molecule has 98 valence electrons. The number of rotatable bonds is 5. The molecule has 0 radical (unpaired) electrons. The van der Waals surface area contributed by atoms with Crippen molar-refractivity contribution in [3.63, 3.8) is 0 Å². The Kier molecular flexibility index (Phi) is 5.20. The Bertz CT molecular complexity index is 383. The first kappa shape index (κ1) is 13.6. The van der Waals surface area contributed by atoms with Gasteiger partial charge in [-0.25, -0.2) is 0 Å². The molecule has 1 aromatic rings. The summed E-state index contributed by atoms with van der Waals surface area (Å²) >= 11 is 3.28. The van der Waals surface area contributed by atoms with Crippen LogP contribution in [0.3, 0.4) is 0 Å². The molecule has 1 unspecified atom stereocenters. The lowest BCUT2D eigenvalue weighted by Crippen LogP contribution is -2.37. The van der Waals surface area contributed by atoms with Gasteiger partial charge in [0.05, 0.1) is 0 Å². The van der Waals surface area contributed by atoms with Crippen molar-refractivity contribution in [3.05, 3.63) is 35.9 Å². The van der Waals surface area contributed by atoms with Gasteiger partial charge in [-0.05, 0) is 12.0 Å². The molecule has 0 aromatic heterocycles. The largest absolute Gasteiger partial charge is 0.352 e. The molecule has 1 saturated heterocycles. The summed E-state index contributed by atoms with van der Waals surface area (Å²) in [5.41, 5.74) is 1.34. The van der Waals surface area contributed by atoms with E-state index in [4.69, 9.17) is 0 Å². The molecule has 1 aromatic carbocycles. The minimum absolute atomic E-state index is 0.151. The Morgan fingerprint density at radius 3 is 2.89 bits per heavy atom. The second-order valence-electron chi connectivity index (χ2n) is 4.71. The zero-order valence-electron chi connectivity index (χ0n) is 10.4. The molecule has 1 atom stereocenters. The van der Waals surface area contributed by atoms with E-state index in [0.29, 0.717) is 12.5 Å². The monoisotopic (exact) mass is 310 g/mol. The number of hydrogen-bond donors (Lipinski definition) is 1. The van der Waals surface area contributed by atoms with Gasteiger partial charge >= 0.3 is 0 Å². The van der Waals surface area contributed by atoms with Crippen molar-refractivity contribution in [1.29, 1.82) is 0 Å². The predicted octanol–water partition coefficient (Wildman–Crippen LogP) is 2.16. The average molecular weight is 311 g/mol. The summed E-state index contributed by atoms with van der Waals surface area (Å²) in [4.78, 5) is 13.9. The van der Waals surface area contributed by atoms with Gasteiger partial charge in [-0.1, -0.05) is 46.3 Å². The van der Waals surface area contributed by atoms with Crippen LogP contribution in [-0.2, 0) is 11.3 Å². The molecule has 1 fully saturated rings. The predicted molar refractivity (Wildman–Crippen MR) is 76.7 cm³/mol. The van der Waals surface area contributed by atoms with Crippen molar-refractivity contribution in [2.24, 2.45) is 0 Å². The van der Waals surface area contributed by atoms with E-state index in [9.17, 15) is 4.79 Å². The van der Waals surface area contributed by atoms with Gasteiger partial charge in [-0.3, -0.25) is 9.69 Å². The second-order valence-corrected chi connectivity index (χ2v) is 5.51. The number of halogens is 1.